The number of rotatable bonds is 1. The van der Waals surface area contributed by atoms with Crippen LogP contribution in [0.5, 0.6) is 0 Å². The van der Waals surface area contributed by atoms with Crippen molar-refractivity contribution in [1.29, 1.82) is 5.26 Å². The van der Waals surface area contributed by atoms with Crippen molar-refractivity contribution in [1.82, 2.24) is 9.88 Å². The van der Waals surface area contributed by atoms with Gasteiger partial charge in [-0.2, -0.15) is 5.26 Å². The van der Waals surface area contributed by atoms with Gasteiger partial charge in [0.25, 0.3) is 11.5 Å². The number of fused-ring (bicyclic) bond motifs is 2. The van der Waals surface area contributed by atoms with Gasteiger partial charge in [-0.1, -0.05) is 24.3 Å². The summed E-state index contributed by atoms with van der Waals surface area (Å²) >= 11 is 0. The molecule has 1 saturated heterocycles. The smallest absolute Gasteiger partial charge is 0.266 e. The zero-order valence-electron chi connectivity index (χ0n) is 15.2. The Labute approximate surface area is 157 Å². The van der Waals surface area contributed by atoms with Crippen LogP contribution in [0.1, 0.15) is 45.5 Å². The van der Waals surface area contributed by atoms with Crippen molar-refractivity contribution in [2.45, 2.75) is 37.7 Å². The minimum absolute atomic E-state index is 0.0190. The van der Waals surface area contributed by atoms with Gasteiger partial charge in [-0.3, -0.25) is 9.59 Å². The molecule has 2 aliphatic rings. The second-order valence-electron chi connectivity index (χ2n) is 7.47. The Morgan fingerprint density at radius 3 is 2.74 bits per heavy atom. The fourth-order valence-corrected chi connectivity index (χ4v) is 4.63. The lowest BCUT2D eigenvalue weighted by Crippen LogP contribution is -2.49. The average molecular weight is 363 g/mol. The third-order valence-corrected chi connectivity index (χ3v) is 6.24. The summed E-state index contributed by atoms with van der Waals surface area (Å²) in [4.78, 5) is 28.9. The second kappa shape index (κ2) is 6.36. The molecule has 1 amide bonds. The van der Waals surface area contributed by atoms with Crippen LogP contribution in [0.4, 0.5) is 0 Å². The summed E-state index contributed by atoms with van der Waals surface area (Å²) < 4.78 is 0. The molecule has 2 aromatic rings. The molecule has 138 valence electrons. The fraction of sp³-hybridized carbons (Fsp3) is 0.381. The molecule has 1 aliphatic heterocycles. The molecule has 1 aliphatic carbocycles. The number of hydrogen-bond acceptors (Lipinski definition) is 4. The lowest BCUT2D eigenvalue weighted by Gasteiger charge is -2.42. The number of hydrogen-bond donors (Lipinski definition) is 2. The number of nitrogens with zero attached hydrogens (tertiary/aromatic N) is 2. The zero-order chi connectivity index (χ0) is 19.2. The van der Waals surface area contributed by atoms with Crippen LogP contribution in [-0.4, -0.2) is 40.1 Å². The first-order valence-corrected chi connectivity index (χ1v) is 9.16. The van der Waals surface area contributed by atoms with Gasteiger partial charge in [0.2, 0.25) is 0 Å². The Balaban J connectivity index is 1.58. The van der Waals surface area contributed by atoms with Gasteiger partial charge in [0, 0.05) is 24.7 Å². The molecule has 6 heteroatoms. The molecular formula is C21H21N3O3. The van der Waals surface area contributed by atoms with Crippen LogP contribution < -0.4 is 5.56 Å². The van der Waals surface area contributed by atoms with Crippen molar-refractivity contribution in [2.75, 3.05) is 13.1 Å². The molecule has 0 unspecified atom stereocenters. The number of aromatic nitrogens is 1. The number of carbonyl (C=O) groups is 1. The molecule has 1 aromatic carbocycles. The highest BCUT2D eigenvalue weighted by molar-refractivity contribution is 5.96. The molecule has 4 rings (SSSR count). The van der Waals surface area contributed by atoms with E-state index < -0.39 is 11.7 Å². The first-order valence-electron chi connectivity index (χ1n) is 9.16. The highest BCUT2D eigenvalue weighted by Crippen LogP contribution is 2.46. The number of amides is 1. The maximum absolute atomic E-state index is 13.0. The van der Waals surface area contributed by atoms with E-state index in [0.29, 0.717) is 43.5 Å². The van der Waals surface area contributed by atoms with Gasteiger partial charge >= 0.3 is 0 Å². The fourth-order valence-electron chi connectivity index (χ4n) is 4.63. The summed E-state index contributed by atoms with van der Waals surface area (Å²) in [5.74, 6) is -0.184. The third kappa shape index (κ3) is 2.58. The van der Waals surface area contributed by atoms with Crippen LogP contribution in [0.15, 0.2) is 35.3 Å². The van der Waals surface area contributed by atoms with Crippen LogP contribution in [0.2, 0.25) is 0 Å². The number of benzene rings is 1. The largest absolute Gasteiger partial charge is 0.392 e. The van der Waals surface area contributed by atoms with Gasteiger partial charge in [-0.15, -0.1) is 0 Å². The van der Waals surface area contributed by atoms with Gasteiger partial charge in [0.1, 0.15) is 11.6 Å². The van der Waals surface area contributed by atoms with Crippen molar-refractivity contribution >= 4 is 5.91 Å². The van der Waals surface area contributed by atoms with Gasteiger partial charge in [0.05, 0.1) is 11.7 Å². The third-order valence-electron chi connectivity index (χ3n) is 6.24. The van der Waals surface area contributed by atoms with E-state index in [-0.39, 0.29) is 16.9 Å². The number of aliphatic hydroxyl groups is 1. The average Bonchev–Trinajstić information content (AvgIpc) is 2.94. The Bertz CT molecular complexity index is 1010. The second-order valence-corrected chi connectivity index (χ2v) is 7.47. The summed E-state index contributed by atoms with van der Waals surface area (Å²) in [6, 6.07) is 10.0. The number of aromatic amines is 1. The molecule has 1 aromatic heterocycles. The van der Waals surface area contributed by atoms with E-state index in [9.17, 15) is 14.7 Å². The van der Waals surface area contributed by atoms with E-state index in [4.69, 9.17) is 5.26 Å². The predicted molar refractivity (Wildman–Crippen MR) is 99.5 cm³/mol. The standard InChI is InChI=1S/C21H21N3O3/c1-13-15(11-22)19(26)23-12-16(13)20(27)24-8-6-21(7-9-24)17-5-3-2-4-14(17)10-18(21)25/h2-5,12,18,25H,6-10H2,1H3,(H,23,26)/t18-/m1/s1. The molecule has 2 N–H and O–H groups in total. The SMILES string of the molecule is Cc1c(C(=O)N2CCC3(CC2)c2ccccc2C[C@H]3O)c[nH]c(=O)c1C#N. The minimum Gasteiger partial charge on any atom is -0.392 e. The van der Waals surface area contributed by atoms with E-state index in [1.807, 2.05) is 18.2 Å². The van der Waals surface area contributed by atoms with Crippen LogP contribution >= 0.6 is 0 Å². The lowest BCUT2D eigenvalue weighted by molar-refractivity contribution is 0.0365. The Morgan fingerprint density at radius 2 is 2.04 bits per heavy atom. The van der Waals surface area contributed by atoms with E-state index >= 15 is 0 Å². The number of pyridine rings is 1. The Kier molecular flexibility index (Phi) is 4.12. The summed E-state index contributed by atoms with van der Waals surface area (Å²) in [6.45, 7) is 2.69. The summed E-state index contributed by atoms with van der Waals surface area (Å²) in [5, 5.41) is 19.9. The van der Waals surface area contributed by atoms with Gasteiger partial charge in [-0.05, 0) is 42.9 Å². The van der Waals surface area contributed by atoms with E-state index in [1.165, 1.54) is 17.3 Å². The number of piperidine rings is 1. The number of likely N-dealkylation sites (tertiary alicyclic amines) is 1. The molecule has 1 spiro atoms. The first kappa shape index (κ1) is 17.5. The number of nitriles is 1. The summed E-state index contributed by atoms with van der Waals surface area (Å²) in [7, 11) is 0. The summed E-state index contributed by atoms with van der Waals surface area (Å²) in [6.07, 6.45) is 3.03. The molecule has 2 heterocycles. The number of carbonyl (C=O) groups excluding carboxylic acids is 1. The van der Waals surface area contributed by atoms with E-state index in [1.54, 1.807) is 11.8 Å². The molecule has 6 nitrogen and oxygen atoms in total. The molecule has 0 radical (unpaired) electrons. The minimum atomic E-state index is -0.477. The molecule has 0 saturated carbocycles. The van der Waals surface area contributed by atoms with Crippen molar-refractivity contribution in [3.8, 4) is 6.07 Å². The maximum Gasteiger partial charge on any atom is 0.266 e. The van der Waals surface area contributed by atoms with Crippen molar-refractivity contribution in [3.05, 3.63) is 68.6 Å². The van der Waals surface area contributed by atoms with Crippen LogP contribution in [0.3, 0.4) is 0 Å². The van der Waals surface area contributed by atoms with Crippen molar-refractivity contribution in [2.24, 2.45) is 0 Å². The van der Waals surface area contributed by atoms with Gasteiger partial charge in [-0.25, -0.2) is 0 Å². The Morgan fingerprint density at radius 1 is 1.33 bits per heavy atom. The molecule has 1 atom stereocenters. The number of H-pyrrole nitrogens is 1. The quantitative estimate of drug-likeness (QED) is 0.805. The summed E-state index contributed by atoms with van der Waals surface area (Å²) in [5.41, 5.74) is 2.39. The topological polar surface area (TPSA) is 97.2 Å². The number of nitrogens with one attached hydrogen (secondary N) is 1. The highest BCUT2D eigenvalue weighted by Gasteiger charge is 2.48. The van der Waals surface area contributed by atoms with Crippen LogP contribution in [-0.2, 0) is 11.8 Å². The zero-order valence-corrected chi connectivity index (χ0v) is 15.2. The molecule has 27 heavy (non-hydrogen) atoms. The van der Waals surface area contributed by atoms with Crippen LogP contribution in [0.25, 0.3) is 0 Å². The van der Waals surface area contributed by atoms with E-state index in [0.717, 1.165) is 0 Å². The number of aliphatic hydroxyl groups excluding tert-OH is 1. The Hall–Kier alpha value is -2.91. The first-order chi connectivity index (χ1) is 13.0. The van der Waals surface area contributed by atoms with Crippen molar-refractivity contribution in [3.63, 3.8) is 0 Å². The maximum atomic E-state index is 13.0. The lowest BCUT2D eigenvalue weighted by atomic mass is 9.72. The van der Waals surface area contributed by atoms with Gasteiger partial charge in [0.15, 0.2) is 0 Å². The normalized spacial score (nSPS) is 20.3. The predicted octanol–water partition coefficient (Wildman–Crippen LogP) is 1.65. The monoisotopic (exact) mass is 363 g/mol. The molecule has 1 fully saturated rings. The highest BCUT2D eigenvalue weighted by atomic mass is 16.3. The van der Waals surface area contributed by atoms with Crippen molar-refractivity contribution < 1.29 is 9.90 Å². The van der Waals surface area contributed by atoms with Crippen LogP contribution in [0, 0.1) is 18.3 Å². The molecular weight excluding hydrogens is 342 g/mol. The van der Waals surface area contributed by atoms with E-state index in [2.05, 4.69) is 17.1 Å². The van der Waals surface area contributed by atoms with Gasteiger partial charge < -0.3 is 15.0 Å². The molecule has 0 bridgehead atoms.